The lowest BCUT2D eigenvalue weighted by atomic mass is 10.3. The van der Waals surface area contributed by atoms with Crippen molar-refractivity contribution < 1.29 is 31.1 Å². The van der Waals surface area contributed by atoms with Crippen LogP contribution in [-0.2, 0) is 12.4 Å². The maximum atomic E-state index is 12.7. The van der Waals surface area contributed by atoms with Crippen LogP contribution in [0, 0.1) is 0 Å². The molecule has 3 heterocycles. The number of halogens is 6. The van der Waals surface area contributed by atoms with Gasteiger partial charge in [-0.25, -0.2) is 9.97 Å². The summed E-state index contributed by atoms with van der Waals surface area (Å²) in [7, 11) is 0. The highest BCUT2D eigenvalue weighted by Gasteiger charge is 2.34. The van der Waals surface area contributed by atoms with Crippen molar-refractivity contribution in [3.8, 4) is 5.88 Å². The summed E-state index contributed by atoms with van der Waals surface area (Å²) in [6, 6.07) is 5.61. The number of hydrogen-bond acceptors (Lipinski definition) is 4. The number of ether oxygens (including phenoxy) is 1. The lowest BCUT2D eigenvalue weighted by Gasteiger charge is -2.19. The molecule has 1 atom stereocenters. The van der Waals surface area contributed by atoms with Gasteiger partial charge in [0.15, 0.2) is 0 Å². The molecule has 0 N–H and O–H groups in total. The van der Waals surface area contributed by atoms with Crippen LogP contribution < -0.4 is 9.64 Å². The third-order valence-corrected chi connectivity index (χ3v) is 3.84. The van der Waals surface area contributed by atoms with Gasteiger partial charge in [-0.1, -0.05) is 6.07 Å². The molecular weight excluding hydrogens is 364 g/mol. The summed E-state index contributed by atoms with van der Waals surface area (Å²) < 4.78 is 81.3. The molecule has 4 nitrogen and oxygen atoms in total. The molecule has 0 radical (unpaired) electrons. The smallest absolute Gasteiger partial charge is 0.433 e. The van der Waals surface area contributed by atoms with Crippen molar-refractivity contribution in [3.63, 3.8) is 0 Å². The first kappa shape index (κ1) is 18.3. The molecule has 0 aliphatic carbocycles. The van der Waals surface area contributed by atoms with Gasteiger partial charge in [-0.15, -0.1) is 0 Å². The van der Waals surface area contributed by atoms with E-state index in [0.717, 1.165) is 18.2 Å². The van der Waals surface area contributed by atoms with Crippen LogP contribution in [0.4, 0.5) is 32.2 Å². The van der Waals surface area contributed by atoms with Crippen LogP contribution in [-0.4, -0.2) is 29.2 Å². The molecule has 2 aromatic rings. The van der Waals surface area contributed by atoms with Crippen LogP contribution in [0.25, 0.3) is 0 Å². The van der Waals surface area contributed by atoms with Crippen molar-refractivity contribution >= 4 is 5.82 Å². The first-order valence-electron chi connectivity index (χ1n) is 7.62. The van der Waals surface area contributed by atoms with Gasteiger partial charge in [-0.3, -0.25) is 0 Å². The van der Waals surface area contributed by atoms with Gasteiger partial charge in [0.2, 0.25) is 5.88 Å². The quantitative estimate of drug-likeness (QED) is 0.753. The van der Waals surface area contributed by atoms with Crippen molar-refractivity contribution in [1.29, 1.82) is 0 Å². The summed E-state index contributed by atoms with van der Waals surface area (Å²) in [6.45, 7) is 0.677. The zero-order valence-electron chi connectivity index (χ0n) is 13.2. The molecule has 0 spiro atoms. The van der Waals surface area contributed by atoms with Crippen LogP contribution in [0.15, 0.2) is 36.5 Å². The summed E-state index contributed by atoms with van der Waals surface area (Å²) in [4.78, 5) is 8.87. The molecule has 0 aromatic carbocycles. The number of aromatic nitrogens is 2. The maximum Gasteiger partial charge on any atom is 0.433 e. The summed E-state index contributed by atoms with van der Waals surface area (Å²) in [5, 5.41) is 0. The molecule has 0 saturated carbocycles. The molecule has 3 rings (SSSR count). The van der Waals surface area contributed by atoms with E-state index in [2.05, 4.69) is 9.97 Å². The second kappa shape index (κ2) is 6.65. The number of hydrogen-bond donors (Lipinski definition) is 0. The second-order valence-electron chi connectivity index (χ2n) is 5.74. The maximum absolute atomic E-state index is 12.7. The highest BCUT2D eigenvalue weighted by atomic mass is 19.4. The van der Waals surface area contributed by atoms with Crippen LogP contribution in [0.5, 0.6) is 5.88 Å². The Morgan fingerprint density at radius 3 is 2.38 bits per heavy atom. The van der Waals surface area contributed by atoms with Crippen molar-refractivity contribution in [2.45, 2.75) is 24.9 Å². The third kappa shape index (κ3) is 4.17. The van der Waals surface area contributed by atoms with E-state index in [1.165, 1.54) is 12.1 Å². The van der Waals surface area contributed by atoms with Gasteiger partial charge in [0.05, 0.1) is 12.1 Å². The van der Waals surface area contributed by atoms with E-state index in [-0.39, 0.29) is 18.2 Å². The topological polar surface area (TPSA) is 38.2 Å². The molecule has 1 unspecified atom stereocenters. The Balaban J connectivity index is 1.64. The minimum atomic E-state index is -4.53. The molecule has 1 fully saturated rings. The molecule has 1 aliphatic heterocycles. The predicted octanol–water partition coefficient (Wildman–Crippen LogP) is 4.17. The normalized spacial score (nSPS) is 18.2. The van der Waals surface area contributed by atoms with Crippen LogP contribution in [0.2, 0.25) is 0 Å². The fourth-order valence-electron chi connectivity index (χ4n) is 2.58. The van der Waals surface area contributed by atoms with Gasteiger partial charge in [-0.2, -0.15) is 26.3 Å². The standard InChI is InChI=1S/C16H13F6N3O/c17-15(18,19)10-4-5-14(23-8-10)26-11-6-7-25(9-11)13-3-1-2-12(24-13)16(20,21)22/h1-5,8,11H,6-7,9H2. The zero-order chi connectivity index (χ0) is 18.9. The number of pyridine rings is 2. The Morgan fingerprint density at radius 2 is 1.77 bits per heavy atom. The molecule has 10 heteroatoms. The average molecular weight is 377 g/mol. The monoisotopic (exact) mass is 377 g/mol. The molecular formula is C16H13F6N3O. The van der Waals surface area contributed by atoms with E-state index in [1.54, 1.807) is 4.90 Å². The predicted molar refractivity (Wildman–Crippen MR) is 79.7 cm³/mol. The minimum absolute atomic E-state index is 0.0295. The summed E-state index contributed by atoms with van der Waals surface area (Å²) in [5.41, 5.74) is -1.87. The van der Waals surface area contributed by atoms with Gasteiger partial charge in [0, 0.05) is 25.2 Å². The largest absolute Gasteiger partial charge is 0.472 e. The molecule has 0 amide bonds. The van der Waals surface area contributed by atoms with E-state index >= 15 is 0 Å². The van der Waals surface area contributed by atoms with Crippen molar-refractivity contribution in [2.24, 2.45) is 0 Å². The highest BCUT2D eigenvalue weighted by molar-refractivity contribution is 5.41. The van der Waals surface area contributed by atoms with Crippen LogP contribution >= 0.6 is 0 Å². The third-order valence-electron chi connectivity index (χ3n) is 3.84. The molecule has 26 heavy (non-hydrogen) atoms. The molecule has 2 aromatic heterocycles. The second-order valence-corrected chi connectivity index (χ2v) is 5.74. The Kier molecular flexibility index (Phi) is 4.68. The fraction of sp³-hybridized carbons (Fsp3) is 0.375. The van der Waals surface area contributed by atoms with Crippen LogP contribution in [0.3, 0.4) is 0 Å². The van der Waals surface area contributed by atoms with Gasteiger partial charge >= 0.3 is 12.4 Å². The fourth-order valence-corrected chi connectivity index (χ4v) is 2.58. The number of rotatable bonds is 3. The Bertz CT molecular complexity index is 760. The first-order valence-corrected chi connectivity index (χ1v) is 7.62. The van der Waals surface area contributed by atoms with Crippen LogP contribution in [0.1, 0.15) is 17.7 Å². The van der Waals surface area contributed by atoms with Crippen molar-refractivity contribution in [2.75, 3.05) is 18.0 Å². The molecule has 1 aliphatic rings. The van der Waals surface area contributed by atoms with E-state index in [9.17, 15) is 26.3 Å². The Labute approximate surface area is 144 Å². The zero-order valence-corrected chi connectivity index (χ0v) is 13.2. The summed E-state index contributed by atoms with van der Waals surface area (Å²) in [6.07, 6.45) is -8.26. The minimum Gasteiger partial charge on any atom is -0.472 e. The number of nitrogens with zero attached hydrogens (tertiary/aromatic N) is 3. The summed E-state index contributed by atoms with van der Waals surface area (Å²) in [5.74, 6) is 0.202. The molecule has 1 saturated heterocycles. The van der Waals surface area contributed by atoms with Crippen molar-refractivity contribution in [3.05, 3.63) is 47.8 Å². The lowest BCUT2D eigenvalue weighted by molar-refractivity contribution is -0.141. The molecule has 140 valence electrons. The van der Waals surface area contributed by atoms with E-state index in [1.807, 2.05) is 0 Å². The SMILES string of the molecule is FC(F)(F)c1ccc(OC2CCN(c3cccc(C(F)(F)F)n3)C2)nc1. The van der Waals surface area contributed by atoms with E-state index in [4.69, 9.17) is 4.74 Å². The number of alkyl halides is 6. The van der Waals surface area contributed by atoms with E-state index < -0.39 is 29.7 Å². The van der Waals surface area contributed by atoms with Gasteiger partial charge in [-0.05, 0) is 18.2 Å². The van der Waals surface area contributed by atoms with E-state index in [0.29, 0.717) is 19.2 Å². The number of anilines is 1. The molecule has 0 bridgehead atoms. The van der Waals surface area contributed by atoms with Gasteiger partial charge < -0.3 is 9.64 Å². The van der Waals surface area contributed by atoms with Gasteiger partial charge in [0.1, 0.15) is 17.6 Å². The first-order chi connectivity index (χ1) is 12.1. The summed E-state index contributed by atoms with van der Waals surface area (Å²) >= 11 is 0. The Hall–Kier alpha value is -2.52. The highest BCUT2D eigenvalue weighted by Crippen LogP contribution is 2.31. The average Bonchev–Trinajstić information content (AvgIpc) is 3.02. The van der Waals surface area contributed by atoms with Crippen molar-refractivity contribution in [1.82, 2.24) is 9.97 Å². The van der Waals surface area contributed by atoms with Gasteiger partial charge in [0.25, 0.3) is 0 Å². The lowest BCUT2D eigenvalue weighted by Crippen LogP contribution is -2.26. The Morgan fingerprint density at radius 1 is 1.00 bits per heavy atom.